The summed E-state index contributed by atoms with van der Waals surface area (Å²) in [5, 5.41) is 21.0. The quantitative estimate of drug-likeness (QED) is 0.794. The summed E-state index contributed by atoms with van der Waals surface area (Å²) in [5.74, 6) is 1.63. The first-order valence-corrected chi connectivity index (χ1v) is 9.57. The fourth-order valence-electron chi connectivity index (χ4n) is 6.70. The molecule has 0 aromatic heterocycles. The highest BCUT2D eigenvalue weighted by atomic mass is 16.3. The zero-order valence-corrected chi connectivity index (χ0v) is 15.1. The molecule has 3 fully saturated rings. The Morgan fingerprint density at radius 2 is 1.82 bits per heavy atom. The third-order valence-electron chi connectivity index (χ3n) is 8.44. The molecule has 3 aliphatic carbocycles. The van der Waals surface area contributed by atoms with E-state index in [4.69, 9.17) is 0 Å². The summed E-state index contributed by atoms with van der Waals surface area (Å²) in [6, 6.07) is 0. The molecule has 0 radical (unpaired) electrons. The van der Waals surface area contributed by atoms with Crippen molar-refractivity contribution in [2.24, 2.45) is 34.0 Å². The molecular weight excluding hydrogens is 272 g/mol. The number of hydrogen-bond acceptors (Lipinski definition) is 2. The third kappa shape index (κ3) is 2.36. The molecule has 0 aromatic carbocycles. The van der Waals surface area contributed by atoms with Crippen LogP contribution in [0.15, 0.2) is 0 Å². The van der Waals surface area contributed by atoms with Gasteiger partial charge in [-0.1, -0.05) is 40.5 Å². The molecule has 0 bridgehead atoms. The van der Waals surface area contributed by atoms with Crippen molar-refractivity contribution in [3.63, 3.8) is 0 Å². The highest BCUT2D eigenvalue weighted by Crippen LogP contribution is 2.65. The Bertz CT molecular complexity index is 422. The van der Waals surface area contributed by atoms with Crippen molar-refractivity contribution in [1.29, 1.82) is 0 Å². The van der Waals surface area contributed by atoms with E-state index in [-0.39, 0.29) is 18.1 Å². The molecule has 3 saturated carbocycles. The Balaban J connectivity index is 1.92. The van der Waals surface area contributed by atoms with Gasteiger partial charge in [0.1, 0.15) is 0 Å². The van der Waals surface area contributed by atoms with Gasteiger partial charge in [-0.15, -0.1) is 0 Å². The van der Waals surface area contributed by atoms with Gasteiger partial charge in [-0.05, 0) is 72.5 Å². The van der Waals surface area contributed by atoms with Gasteiger partial charge in [0.2, 0.25) is 0 Å². The van der Waals surface area contributed by atoms with E-state index in [0.717, 1.165) is 12.8 Å². The summed E-state index contributed by atoms with van der Waals surface area (Å²) in [4.78, 5) is 0. The first-order chi connectivity index (χ1) is 10.3. The minimum atomic E-state index is -0.154. The first-order valence-electron chi connectivity index (χ1n) is 9.57. The van der Waals surface area contributed by atoms with E-state index in [0.29, 0.717) is 28.6 Å². The summed E-state index contributed by atoms with van der Waals surface area (Å²) in [6.45, 7) is 9.76. The molecule has 3 rings (SSSR count). The lowest BCUT2D eigenvalue weighted by Crippen LogP contribution is -2.59. The fourth-order valence-corrected chi connectivity index (χ4v) is 6.70. The van der Waals surface area contributed by atoms with Gasteiger partial charge in [-0.2, -0.15) is 0 Å². The molecule has 2 N–H and O–H groups in total. The average Bonchev–Trinajstić information content (AvgIpc) is 2.50. The third-order valence-corrected chi connectivity index (χ3v) is 8.44. The number of rotatable bonds is 2. The standard InChI is InChI=1S/C20H36O2/c1-5-18(2)10-7-15-14(12-18)16(22)11-17-19(3,13-21)8-6-9-20(15,17)4/h14-17,21-22H,5-13H2,1-4H3/t14-,15+,16-,17+,18+,19+,20-/m1/s1. The van der Waals surface area contributed by atoms with E-state index in [1.165, 1.54) is 38.5 Å². The zero-order valence-electron chi connectivity index (χ0n) is 15.1. The normalized spacial score (nSPS) is 55.4. The Labute approximate surface area is 136 Å². The Hall–Kier alpha value is -0.0800. The zero-order chi connectivity index (χ0) is 16.2. The van der Waals surface area contributed by atoms with Gasteiger partial charge in [0, 0.05) is 6.61 Å². The van der Waals surface area contributed by atoms with Gasteiger partial charge in [0.15, 0.2) is 0 Å². The van der Waals surface area contributed by atoms with Crippen LogP contribution in [0.3, 0.4) is 0 Å². The van der Waals surface area contributed by atoms with Crippen LogP contribution in [-0.2, 0) is 0 Å². The number of aliphatic hydroxyl groups excluding tert-OH is 2. The van der Waals surface area contributed by atoms with Gasteiger partial charge in [-0.3, -0.25) is 0 Å². The molecule has 0 heterocycles. The van der Waals surface area contributed by atoms with E-state index in [9.17, 15) is 10.2 Å². The smallest absolute Gasteiger partial charge is 0.0574 e. The van der Waals surface area contributed by atoms with E-state index in [1.54, 1.807) is 0 Å². The van der Waals surface area contributed by atoms with Gasteiger partial charge in [0.25, 0.3) is 0 Å². The van der Waals surface area contributed by atoms with Crippen LogP contribution < -0.4 is 0 Å². The lowest BCUT2D eigenvalue weighted by molar-refractivity contribution is -0.179. The molecule has 0 spiro atoms. The van der Waals surface area contributed by atoms with E-state index >= 15 is 0 Å². The Morgan fingerprint density at radius 3 is 2.45 bits per heavy atom. The van der Waals surface area contributed by atoms with Crippen molar-refractivity contribution in [2.75, 3.05) is 6.61 Å². The monoisotopic (exact) mass is 308 g/mol. The molecule has 2 nitrogen and oxygen atoms in total. The molecule has 128 valence electrons. The lowest BCUT2D eigenvalue weighted by Gasteiger charge is -2.63. The number of hydrogen-bond donors (Lipinski definition) is 2. The predicted octanol–water partition coefficient (Wildman–Crippen LogP) is 4.39. The highest BCUT2D eigenvalue weighted by Gasteiger charge is 2.59. The molecule has 2 heteroatoms. The fraction of sp³-hybridized carbons (Fsp3) is 1.00. The highest BCUT2D eigenvalue weighted by molar-refractivity contribution is 5.09. The second-order valence-electron chi connectivity index (χ2n) is 9.70. The van der Waals surface area contributed by atoms with Crippen LogP contribution in [0.5, 0.6) is 0 Å². The molecular formula is C20H36O2. The van der Waals surface area contributed by atoms with Crippen LogP contribution in [0.4, 0.5) is 0 Å². The molecule has 0 saturated heterocycles. The molecule has 0 unspecified atom stereocenters. The van der Waals surface area contributed by atoms with Crippen molar-refractivity contribution in [3.05, 3.63) is 0 Å². The molecule has 3 aliphatic rings. The lowest BCUT2D eigenvalue weighted by atomic mass is 9.42. The number of aliphatic hydroxyl groups is 2. The molecule has 0 aliphatic heterocycles. The summed E-state index contributed by atoms with van der Waals surface area (Å²) >= 11 is 0. The SMILES string of the molecule is CC[C@@]1(C)CC[C@H]2[C@@H](C1)[C@H](O)C[C@H]1[C@](C)(CO)CCC[C@]21C. The van der Waals surface area contributed by atoms with Gasteiger partial charge in [-0.25, -0.2) is 0 Å². The minimum Gasteiger partial charge on any atom is -0.396 e. The second kappa shape index (κ2) is 5.48. The number of fused-ring (bicyclic) bond motifs is 3. The van der Waals surface area contributed by atoms with Crippen LogP contribution in [0.2, 0.25) is 0 Å². The van der Waals surface area contributed by atoms with Crippen LogP contribution in [-0.4, -0.2) is 22.9 Å². The second-order valence-corrected chi connectivity index (χ2v) is 9.70. The molecule has 0 aromatic rings. The summed E-state index contributed by atoms with van der Waals surface area (Å²) < 4.78 is 0. The van der Waals surface area contributed by atoms with E-state index in [1.807, 2.05) is 0 Å². The van der Waals surface area contributed by atoms with Crippen LogP contribution in [0.25, 0.3) is 0 Å². The summed E-state index contributed by atoms with van der Waals surface area (Å²) in [6.07, 6.45) is 9.45. The van der Waals surface area contributed by atoms with Crippen molar-refractivity contribution in [1.82, 2.24) is 0 Å². The first kappa shape index (κ1) is 16.8. The van der Waals surface area contributed by atoms with Gasteiger partial charge in [0.05, 0.1) is 6.10 Å². The van der Waals surface area contributed by atoms with E-state index < -0.39 is 0 Å². The maximum atomic E-state index is 10.9. The Morgan fingerprint density at radius 1 is 1.09 bits per heavy atom. The predicted molar refractivity (Wildman–Crippen MR) is 90.5 cm³/mol. The van der Waals surface area contributed by atoms with Crippen LogP contribution >= 0.6 is 0 Å². The minimum absolute atomic E-state index is 0.0183. The van der Waals surface area contributed by atoms with Gasteiger partial charge >= 0.3 is 0 Å². The van der Waals surface area contributed by atoms with Gasteiger partial charge < -0.3 is 10.2 Å². The Kier molecular flexibility index (Phi) is 4.18. The van der Waals surface area contributed by atoms with Crippen molar-refractivity contribution in [3.8, 4) is 0 Å². The summed E-state index contributed by atoms with van der Waals surface area (Å²) in [5.41, 5.74) is 0.777. The average molecular weight is 309 g/mol. The molecule has 0 amide bonds. The topological polar surface area (TPSA) is 40.5 Å². The largest absolute Gasteiger partial charge is 0.396 e. The maximum Gasteiger partial charge on any atom is 0.0574 e. The maximum absolute atomic E-state index is 10.9. The van der Waals surface area contributed by atoms with Crippen LogP contribution in [0, 0.1) is 34.0 Å². The van der Waals surface area contributed by atoms with Crippen molar-refractivity contribution >= 4 is 0 Å². The van der Waals surface area contributed by atoms with Crippen molar-refractivity contribution in [2.45, 2.75) is 85.2 Å². The van der Waals surface area contributed by atoms with Crippen LogP contribution in [0.1, 0.15) is 79.1 Å². The summed E-state index contributed by atoms with van der Waals surface area (Å²) in [7, 11) is 0. The van der Waals surface area contributed by atoms with E-state index in [2.05, 4.69) is 27.7 Å². The molecule has 22 heavy (non-hydrogen) atoms. The van der Waals surface area contributed by atoms with Crippen molar-refractivity contribution < 1.29 is 10.2 Å². The molecule has 7 atom stereocenters.